The molecule has 0 heterocycles. The van der Waals surface area contributed by atoms with Crippen LogP contribution < -0.4 is 15.2 Å². The third-order valence-corrected chi connectivity index (χ3v) is 4.02. The van der Waals surface area contributed by atoms with Gasteiger partial charge in [-0.3, -0.25) is 0 Å². The van der Waals surface area contributed by atoms with Gasteiger partial charge in [0, 0.05) is 6.04 Å². The Balaban J connectivity index is 2.31. The molecule has 0 saturated carbocycles. The van der Waals surface area contributed by atoms with Gasteiger partial charge in [-0.2, -0.15) is 0 Å². The Morgan fingerprint density at radius 3 is 2.14 bits per heavy atom. The first-order valence-corrected chi connectivity index (χ1v) is 7.22. The van der Waals surface area contributed by atoms with Crippen molar-refractivity contribution in [2.75, 3.05) is 14.2 Å². The van der Waals surface area contributed by atoms with Crippen molar-refractivity contribution >= 4 is 23.2 Å². The van der Waals surface area contributed by atoms with Crippen LogP contribution in [0.4, 0.5) is 0 Å². The quantitative estimate of drug-likeness (QED) is 0.893. The molecule has 5 heteroatoms. The Morgan fingerprint density at radius 1 is 1.00 bits per heavy atom. The zero-order valence-electron chi connectivity index (χ0n) is 11.9. The van der Waals surface area contributed by atoms with E-state index in [4.69, 9.17) is 38.4 Å². The Kier molecular flexibility index (Phi) is 5.34. The first kappa shape index (κ1) is 16.0. The van der Waals surface area contributed by atoms with Crippen molar-refractivity contribution in [1.82, 2.24) is 0 Å². The second-order valence-corrected chi connectivity index (χ2v) is 5.45. The van der Waals surface area contributed by atoms with E-state index in [0.29, 0.717) is 28.0 Å². The molecular weight excluding hydrogens is 309 g/mol. The lowest BCUT2D eigenvalue weighted by molar-refractivity contribution is 0.379. The zero-order valence-corrected chi connectivity index (χ0v) is 13.4. The third-order valence-electron chi connectivity index (χ3n) is 3.28. The Hall–Kier alpha value is -1.42. The molecule has 0 radical (unpaired) electrons. The summed E-state index contributed by atoms with van der Waals surface area (Å²) in [6.45, 7) is 0. The molecule has 0 aliphatic carbocycles. The molecule has 1 unspecified atom stereocenters. The number of hydrogen-bond acceptors (Lipinski definition) is 3. The molecule has 1 atom stereocenters. The van der Waals surface area contributed by atoms with Gasteiger partial charge in [0.15, 0.2) is 0 Å². The minimum atomic E-state index is -0.270. The van der Waals surface area contributed by atoms with E-state index in [1.54, 1.807) is 20.3 Å². The molecule has 2 N–H and O–H groups in total. The fraction of sp³-hybridized carbons (Fsp3) is 0.250. The molecule has 0 fully saturated rings. The molecule has 2 rings (SSSR count). The van der Waals surface area contributed by atoms with Crippen LogP contribution >= 0.6 is 23.2 Å². The normalized spacial score (nSPS) is 12.0. The van der Waals surface area contributed by atoms with Gasteiger partial charge in [-0.25, -0.2) is 0 Å². The van der Waals surface area contributed by atoms with Crippen LogP contribution in [0.2, 0.25) is 10.0 Å². The number of rotatable bonds is 5. The van der Waals surface area contributed by atoms with Crippen LogP contribution in [0.15, 0.2) is 36.4 Å². The number of nitrogens with two attached hydrogens (primary N) is 1. The summed E-state index contributed by atoms with van der Waals surface area (Å²) in [6, 6.07) is 10.8. The van der Waals surface area contributed by atoms with Gasteiger partial charge in [-0.15, -0.1) is 0 Å². The first-order chi connectivity index (χ1) is 10.1. The summed E-state index contributed by atoms with van der Waals surface area (Å²) in [6.07, 6.45) is 0.605. The van der Waals surface area contributed by atoms with Crippen molar-refractivity contribution in [3.63, 3.8) is 0 Å². The van der Waals surface area contributed by atoms with Gasteiger partial charge in [-0.1, -0.05) is 35.3 Å². The van der Waals surface area contributed by atoms with Crippen LogP contribution in [0.5, 0.6) is 11.5 Å². The van der Waals surface area contributed by atoms with Crippen LogP contribution in [0.3, 0.4) is 0 Å². The molecule has 112 valence electrons. The fourth-order valence-electron chi connectivity index (χ4n) is 2.27. The Morgan fingerprint density at radius 2 is 1.62 bits per heavy atom. The van der Waals surface area contributed by atoms with E-state index in [-0.39, 0.29) is 6.04 Å². The molecule has 0 amide bonds. The molecule has 0 aliphatic heterocycles. The summed E-state index contributed by atoms with van der Waals surface area (Å²) < 4.78 is 10.8. The van der Waals surface area contributed by atoms with Crippen LogP contribution in [0, 0.1) is 0 Å². The van der Waals surface area contributed by atoms with E-state index in [0.717, 1.165) is 11.1 Å². The molecule has 2 aromatic carbocycles. The maximum absolute atomic E-state index is 6.33. The van der Waals surface area contributed by atoms with Gasteiger partial charge in [0.05, 0.1) is 29.8 Å². The van der Waals surface area contributed by atoms with Crippen LogP contribution in [-0.2, 0) is 6.42 Å². The van der Waals surface area contributed by atoms with Gasteiger partial charge in [0.25, 0.3) is 0 Å². The third kappa shape index (κ3) is 3.62. The SMILES string of the molecule is COc1cccc(OC)c1C(N)Cc1ccc(Cl)c(Cl)c1. The average molecular weight is 326 g/mol. The van der Waals surface area contributed by atoms with Crippen LogP contribution in [0.25, 0.3) is 0 Å². The molecule has 21 heavy (non-hydrogen) atoms. The van der Waals surface area contributed by atoms with Crippen molar-refractivity contribution in [2.24, 2.45) is 5.73 Å². The van der Waals surface area contributed by atoms with E-state index in [2.05, 4.69) is 0 Å². The second kappa shape index (κ2) is 7.03. The van der Waals surface area contributed by atoms with E-state index in [1.165, 1.54) is 0 Å². The molecule has 3 nitrogen and oxygen atoms in total. The minimum absolute atomic E-state index is 0.270. The lowest BCUT2D eigenvalue weighted by Crippen LogP contribution is -2.15. The van der Waals surface area contributed by atoms with E-state index < -0.39 is 0 Å². The number of halogens is 2. The number of methoxy groups -OCH3 is 2. The molecule has 0 bridgehead atoms. The molecule has 0 spiro atoms. The highest BCUT2D eigenvalue weighted by Crippen LogP contribution is 2.35. The van der Waals surface area contributed by atoms with E-state index in [9.17, 15) is 0 Å². The summed E-state index contributed by atoms with van der Waals surface area (Å²) in [5.41, 5.74) is 8.18. The van der Waals surface area contributed by atoms with Gasteiger partial charge < -0.3 is 15.2 Å². The predicted octanol–water partition coefficient (Wildman–Crippen LogP) is 4.25. The topological polar surface area (TPSA) is 44.5 Å². The first-order valence-electron chi connectivity index (χ1n) is 6.47. The van der Waals surface area contributed by atoms with E-state index >= 15 is 0 Å². The van der Waals surface area contributed by atoms with Crippen molar-refractivity contribution in [2.45, 2.75) is 12.5 Å². The number of hydrogen-bond donors (Lipinski definition) is 1. The molecule has 0 saturated heterocycles. The maximum atomic E-state index is 6.33. The predicted molar refractivity (Wildman–Crippen MR) is 86.6 cm³/mol. The van der Waals surface area contributed by atoms with Gasteiger partial charge in [0.1, 0.15) is 11.5 Å². The van der Waals surface area contributed by atoms with E-state index in [1.807, 2.05) is 30.3 Å². The fourth-order valence-corrected chi connectivity index (χ4v) is 2.59. The molecule has 0 aromatic heterocycles. The lowest BCUT2D eigenvalue weighted by atomic mass is 9.98. The largest absolute Gasteiger partial charge is 0.496 e. The Labute approximate surface area is 134 Å². The summed E-state index contributed by atoms with van der Waals surface area (Å²) in [4.78, 5) is 0. The van der Waals surface area contributed by atoms with Crippen LogP contribution in [-0.4, -0.2) is 14.2 Å². The monoisotopic (exact) mass is 325 g/mol. The molecule has 2 aromatic rings. The maximum Gasteiger partial charge on any atom is 0.127 e. The van der Waals surface area contributed by atoms with Gasteiger partial charge >= 0.3 is 0 Å². The molecule has 0 aliphatic rings. The van der Waals surface area contributed by atoms with Crippen molar-refractivity contribution in [3.05, 3.63) is 57.6 Å². The average Bonchev–Trinajstić information content (AvgIpc) is 2.49. The second-order valence-electron chi connectivity index (χ2n) is 4.64. The highest BCUT2D eigenvalue weighted by Gasteiger charge is 2.18. The standard InChI is InChI=1S/C16H17Cl2NO2/c1-20-14-4-3-5-15(21-2)16(14)13(19)9-10-6-7-11(17)12(18)8-10/h3-8,13H,9,19H2,1-2H3. The highest BCUT2D eigenvalue weighted by atomic mass is 35.5. The summed E-state index contributed by atoms with van der Waals surface area (Å²) in [5, 5.41) is 1.05. The van der Waals surface area contributed by atoms with Crippen molar-refractivity contribution in [1.29, 1.82) is 0 Å². The summed E-state index contributed by atoms with van der Waals surface area (Å²) in [7, 11) is 3.23. The minimum Gasteiger partial charge on any atom is -0.496 e. The van der Waals surface area contributed by atoms with Crippen molar-refractivity contribution < 1.29 is 9.47 Å². The van der Waals surface area contributed by atoms with Gasteiger partial charge in [-0.05, 0) is 36.2 Å². The zero-order chi connectivity index (χ0) is 15.4. The smallest absolute Gasteiger partial charge is 0.127 e. The number of ether oxygens (including phenoxy) is 2. The number of benzene rings is 2. The highest BCUT2D eigenvalue weighted by molar-refractivity contribution is 6.42. The summed E-state index contributed by atoms with van der Waals surface area (Å²) in [5.74, 6) is 1.42. The lowest BCUT2D eigenvalue weighted by Gasteiger charge is -2.19. The van der Waals surface area contributed by atoms with Crippen LogP contribution in [0.1, 0.15) is 17.2 Å². The Bertz CT molecular complexity index is 609. The van der Waals surface area contributed by atoms with Gasteiger partial charge in [0.2, 0.25) is 0 Å². The van der Waals surface area contributed by atoms with Crippen molar-refractivity contribution in [3.8, 4) is 11.5 Å². The molecular formula is C16H17Cl2NO2. The summed E-state index contributed by atoms with van der Waals surface area (Å²) >= 11 is 12.0.